The van der Waals surface area contributed by atoms with Crippen LogP contribution in [0.1, 0.15) is 41.4 Å². The lowest BCUT2D eigenvalue weighted by Gasteiger charge is -2.25. The van der Waals surface area contributed by atoms with Crippen molar-refractivity contribution in [2.75, 3.05) is 26.7 Å². The summed E-state index contributed by atoms with van der Waals surface area (Å²) in [6.07, 6.45) is 2.49. The normalized spacial score (nSPS) is 19.7. The Balaban J connectivity index is 1.82. The minimum atomic E-state index is 0.0632. The van der Waals surface area contributed by atoms with Crippen molar-refractivity contribution >= 4 is 17.2 Å². The van der Waals surface area contributed by atoms with E-state index < -0.39 is 0 Å². The molecular formula is C15H25N3O2S. The van der Waals surface area contributed by atoms with Gasteiger partial charge < -0.3 is 15.0 Å². The van der Waals surface area contributed by atoms with Crippen LogP contribution in [-0.4, -0.2) is 48.6 Å². The van der Waals surface area contributed by atoms with Gasteiger partial charge in [-0.3, -0.25) is 4.79 Å². The van der Waals surface area contributed by atoms with Crippen molar-refractivity contribution in [3.63, 3.8) is 0 Å². The Morgan fingerprint density at radius 1 is 1.57 bits per heavy atom. The van der Waals surface area contributed by atoms with Gasteiger partial charge in [0.1, 0.15) is 0 Å². The van der Waals surface area contributed by atoms with E-state index in [0.717, 1.165) is 36.7 Å². The molecule has 1 saturated heterocycles. The summed E-state index contributed by atoms with van der Waals surface area (Å²) in [5.41, 5.74) is 1.02. The molecule has 2 heterocycles. The number of carbonyl (C=O) groups excluding carboxylic acids is 1. The van der Waals surface area contributed by atoms with Crippen LogP contribution in [0.5, 0.6) is 0 Å². The van der Waals surface area contributed by atoms with Crippen molar-refractivity contribution in [2.24, 2.45) is 0 Å². The lowest BCUT2D eigenvalue weighted by atomic mass is 10.2. The van der Waals surface area contributed by atoms with Crippen LogP contribution in [0, 0.1) is 13.8 Å². The molecule has 118 valence electrons. The highest BCUT2D eigenvalue weighted by Gasteiger charge is 2.22. The number of likely N-dealkylation sites (N-methyl/N-ethyl adjacent to an activating group) is 1. The topological polar surface area (TPSA) is 54.5 Å². The van der Waals surface area contributed by atoms with Gasteiger partial charge in [0, 0.05) is 25.1 Å². The molecule has 1 aliphatic heterocycles. The van der Waals surface area contributed by atoms with Crippen LogP contribution in [0.25, 0.3) is 0 Å². The second kappa shape index (κ2) is 7.33. The number of nitrogens with one attached hydrogen (secondary N) is 1. The summed E-state index contributed by atoms with van der Waals surface area (Å²) in [6.45, 7) is 8.02. The van der Waals surface area contributed by atoms with E-state index in [0.29, 0.717) is 6.54 Å². The number of hydrogen-bond acceptors (Lipinski definition) is 5. The van der Waals surface area contributed by atoms with Crippen LogP contribution in [0.15, 0.2) is 0 Å². The van der Waals surface area contributed by atoms with Gasteiger partial charge in [0.05, 0.1) is 29.4 Å². The van der Waals surface area contributed by atoms with E-state index in [-0.39, 0.29) is 18.1 Å². The SMILES string of the molecule is Cc1nc(C)c([C@@H](C)N(C)C(=O)CNC[C@@H]2CCCO2)s1. The molecule has 0 bridgehead atoms. The molecule has 0 saturated carbocycles. The van der Waals surface area contributed by atoms with Crippen molar-refractivity contribution in [1.29, 1.82) is 0 Å². The summed E-state index contributed by atoms with van der Waals surface area (Å²) in [4.78, 5) is 19.7. The van der Waals surface area contributed by atoms with Crippen LogP contribution in [-0.2, 0) is 9.53 Å². The maximum atomic E-state index is 12.3. The average molecular weight is 311 g/mol. The van der Waals surface area contributed by atoms with Gasteiger partial charge in [-0.15, -0.1) is 11.3 Å². The number of rotatable bonds is 6. The first-order valence-electron chi connectivity index (χ1n) is 7.51. The standard InChI is InChI=1S/C15H25N3O2S/c1-10-15(21-12(3)17-10)11(2)18(4)14(19)9-16-8-13-6-5-7-20-13/h11,13,16H,5-9H2,1-4H3/t11-,13+/m1/s1. The molecule has 5 nitrogen and oxygen atoms in total. The lowest BCUT2D eigenvalue weighted by Crippen LogP contribution is -2.39. The Labute approximate surface area is 130 Å². The third-order valence-electron chi connectivity index (χ3n) is 3.97. The molecule has 0 aliphatic carbocycles. The van der Waals surface area contributed by atoms with Gasteiger partial charge in [-0.05, 0) is 33.6 Å². The predicted molar refractivity (Wildman–Crippen MR) is 84.6 cm³/mol. The maximum absolute atomic E-state index is 12.3. The third kappa shape index (κ3) is 4.25. The van der Waals surface area contributed by atoms with E-state index in [2.05, 4.69) is 17.2 Å². The molecule has 1 aromatic heterocycles. The molecule has 6 heteroatoms. The number of hydrogen-bond donors (Lipinski definition) is 1. The molecule has 1 N–H and O–H groups in total. The molecule has 0 radical (unpaired) electrons. The maximum Gasteiger partial charge on any atom is 0.236 e. The monoisotopic (exact) mass is 311 g/mol. The molecule has 1 aromatic rings. The Morgan fingerprint density at radius 2 is 2.33 bits per heavy atom. The van der Waals surface area contributed by atoms with Gasteiger partial charge in [0.25, 0.3) is 0 Å². The van der Waals surface area contributed by atoms with Crippen molar-refractivity contribution < 1.29 is 9.53 Å². The van der Waals surface area contributed by atoms with Gasteiger partial charge in [0.2, 0.25) is 5.91 Å². The molecule has 2 atom stereocenters. The molecule has 0 spiro atoms. The first-order chi connectivity index (χ1) is 9.99. The number of aryl methyl sites for hydroxylation is 2. The summed E-state index contributed by atoms with van der Waals surface area (Å²) >= 11 is 1.67. The number of aromatic nitrogens is 1. The fraction of sp³-hybridized carbons (Fsp3) is 0.733. The molecular weight excluding hydrogens is 286 g/mol. The molecule has 1 aliphatic rings. The molecule has 21 heavy (non-hydrogen) atoms. The van der Waals surface area contributed by atoms with E-state index in [1.807, 2.05) is 20.9 Å². The number of thiazole rings is 1. The fourth-order valence-electron chi connectivity index (χ4n) is 2.60. The Morgan fingerprint density at radius 3 is 2.90 bits per heavy atom. The van der Waals surface area contributed by atoms with Gasteiger partial charge in [-0.1, -0.05) is 0 Å². The second-order valence-corrected chi connectivity index (χ2v) is 6.86. The van der Waals surface area contributed by atoms with E-state index in [9.17, 15) is 4.79 Å². The molecule has 0 aromatic carbocycles. The third-order valence-corrected chi connectivity index (χ3v) is 5.21. The summed E-state index contributed by atoms with van der Waals surface area (Å²) in [7, 11) is 1.86. The highest BCUT2D eigenvalue weighted by molar-refractivity contribution is 7.11. The first-order valence-corrected chi connectivity index (χ1v) is 8.32. The molecule has 1 fully saturated rings. The number of carbonyl (C=O) groups is 1. The first kappa shape index (κ1) is 16.4. The van der Waals surface area contributed by atoms with Crippen LogP contribution in [0.4, 0.5) is 0 Å². The minimum absolute atomic E-state index is 0.0632. The quantitative estimate of drug-likeness (QED) is 0.873. The van der Waals surface area contributed by atoms with Crippen LogP contribution >= 0.6 is 11.3 Å². The smallest absolute Gasteiger partial charge is 0.236 e. The Bertz CT molecular complexity index is 483. The van der Waals surface area contributed by atoms with Gasteiger partial charge in [-0.25, -0.2) is 4.98 Å². The largest absolute Gasteiger partial charge is 0.377 e. The van der Waals surface area contributed by atoms with Crippen LogP contribution in [0.3, 0.4) is 0 Å². The number of nitrogens with zero attached hydrogens (tertiary/aromatic N) is 2. The van der Waals surface area contributed by atoms with Crippen molar-refractivity contribution in [3.05, 3.63) is 15.6 Å². The summed E-state index contributed by atoms with van der Waals surface area (Å²) in [6, 6.07) is 0.0632. The molecule has 1 amide bonds. The average Bonchev–Trinajstić information content (AvgIpc) is 3.06. The highest BCUT2D eigenvalue weighted by Crippen LogP contribution is 2.28. The van der Waals surface area contributed by atoms with E-state index in [1.165, 1.54) is 4.88 Å². The Kier molecular flexibility index (Phi) is 5.72. The van der Waals surface area contributed by atoms with Gasteiger partial charge in [0.15, 0.2) is 0 Å². The van der Waals surface area contributed by atoms with E-state index >= 15 is 0 Å². The van der Waals surface area contributed by atoms with Crippen molar-refractivity contribution in [3.8, 4) is 0 Å². The fourth-order valence-corrected chi connectivity index (χ4v) is 3.62. The Hall–Kier alpha value is -0.980. The van der Waals surface area contributed by atoms with E-state index in [1.54, 1.807) is 16.2 Å². The zero-order chi connectivity index (χ0) is 15.4. The number of ether oxygens (including phenoxy) is 1. The van der Waals surface area contributed by atoms with Crippen LogP contribution < -0.4 is 5.32 Å². The lowest BCUT2D eigenvalue weighted by molar-refractivity contribution is -0.130. The zero-order valence-electron chi connectivity index (χ0n) is 13.3. The second-order valence-electron chi connectivity index (χ2n) is 5.63. The number of amides is 1. The summed E-state index contributed by atoms with van der Waals surface area (Å²) in [5.74, 6) is 0.103. The minimum Gasteiger partial charge on any atom is -0.377 e. The van der Waals surface area contributed by atoms with Crippen molar-refractivity contribution in [1.82, 2.24) is 15.2 Å². The van der Waals surface area contributed by atoms with Gasteiger partial charge in [-0.2, -0.15) is 0 Å². The highest BCUT2D eigenvalue weighted by atomic mass is 32.1. The van der Waals surface area contributed by atoms with Gasteiger partial charge >= 0.3 is 0 Å². The van der Waals surface area contributed by atoms with E-state index in [4.69, 9.17) is 4.74 Å². The molecule has 0 unspecified atom stereocenters. The van der Waals surface area contributed by atoms with Crippen LogP contribution in [0.2, 0.25) is 0 Å². The molecule has 2 rings (SSSR count). The van der Waals surface area contributed by atoms with Crippen molar-refractivity contribution in [2.45, 2.75) is 45.8 Å². The summed E-state index contributed by atoms with van der Waals surface area (Å²) < 4.78 is 5.54. The summed E-state index contributed by atoms with van der Waals surface area (Å²) in [5, 5.41) is 4.25. The zero-order valence-corrected chi connectivity index (χ0v) is 14.1. The predicted octanol–water partition coefficient (Wildman–Crippen LogP) is 2.05.